The van der Waals surface area contributed by atoms with Gasteiger partial charge >= 0.3 is 0 Å². The number of nitrogen functional groups attached to an aromatic ring is 1. The summed E-state index contributed by atoms with van der Waals surface area (Å²) in [5, 5.41) is 0. The highest BCUT2D eigenvalue weighted by Crippen LogP contribution is 2.29. The van der Waals surface area contributed by atoms with Crippen molar-refractivity contribution >= 4 is 15.7 Å². The van der Waals surface area contributed by atoms with E-state index in [0.717, 1.165) is 11.1 Å². The quantitative estimate of drug-likeness (QED) is 0.523. The zero-order chi connectivity index (χ0) is 20.7. The van der Waals surface area contributed by atoms with Crippen molar-refractivity contribution in [2.24, 2.45) is 0 Å². The number of benzene rings is 3. The molecule has 0 radical (unpaired) electrons. The molecule has 3 N–H and O–H groups in total. The van der Waals surface area contributed by atoms with E-state index in [2.05, 4.69) is 4.72 Å². The third-order valence-electron chi connectivity index (χ3n) is 4.20. The average Bonchev–Trinajstić information content (AvgIpc) is 2.73. The second kappa shape index (κ2) is 9.45. The molecule has 0 aliphatic carbocycles. The van der Waals surface area contributed by atoms with Crippen LogP contribution in [-0.4, -0.2) is 15.0 Å². The molecule has 0 saturated heterocycles. The summed E-state index contributed by atoms with van der Waals surface area (Å²) in [6, 6.07) is 21.3. The predicted molar refractivity (Wildman–Crippen MR) is 113 cm³/mol. The lowest BCUT2D eigenvalue weighted by Gasteiger charge is -2.14. The Bertz CT molecular complexity index is 1040. The van der Waals surface area contributed by atoms with Gasteiger partial charge < -0.3 is 15.2 Å². The number of hydrogen-bond donors (Lipinski definition) is 2. The minimum absolute atomic E-state index is 0.131. The molecule has 6 nitrogen and oxygen atoms in total. The zero-order valence-corrected chi connectivity index (χ0v) is 17.0. The molecule has 0 unspecified atom stereocenters. The van der Waals surface area contributed by atoms with Gasteiger partial charge in [0.25, 0.3) is 0 Å². The Hall–Kier alpha value is -3.03. The van der Waals surface area contributed by atoms with Gasteiger partial charge in [0.2, 0.25) is 10.0 Å². The van der Waals surface area contributed by atoms with E-state index < -0.39 is 10.0 Å². The number of nitrogens with two attached hydrogens (primary N) is 1. The van der Waals surface area contributed by atoms with E-state index in [4.69, 9.17) is 15.2 Å². The third-order valence-corrected chi connectivity index (χ3v) is 5.62. The molecule has 0 atom stereocenters. The molecule has 0 amide bonds. The highest BCUT2D eigenvalue weighted by atomic mass is 32.2. The van der Waals surface area contributed by atoms with Gasteiger partial charge in [-0.25, -0.2) is 13.1 Å². The molecule has 0 aliphatic rings. The van der Waals surface area contributed by atoms with Gasteiger partial charge in [-0.2, -0.15) is 0 Å². The van der Waals surface area contributed by atoms with Crippen molar-refractivity contribution < 1.29 is 17.9 Å². The van der Waals surface area contributed by atoms with Crippen LogP contribution in [-0.2, 0) is 23.2 Å². The van der Waals surface area contributed by atoms with E-state index in [1.54, 1.807) is 24.3 Å². The van der Waals surface area contributed by atoms with Gasteiger partial charge in [0, 0.05) is 12.2 Å². The first-order chi connectivity index (χ1) is 14.0. The van der Waals surface area contributed by atoms with E-state index in [9.17, 15) is 8.42 Å². The largest absolute Gasteiger partial charge is 0.490 e. The van der Waals surface area contributed by atoms with Crippen LogP contribution in [0.25, 0.3) is 0 Å². The minimum atomic E-state index is -3.63. The monoisotopic (exact) mass is 412 g/mol. The first kappa shape index (κ1) is 20.7. The SMILES string of the molecule is CCOc1cc(CNS(=O)(=O)c2ccc(N)cc2)ccc1OCc1ccccc1. The molecular weight excluding hydrogens is 388 g/mol. The lowest BCUT2D eigenvalue weighted by molar-refractivity contribution is 0.269. The Morgan fingerprint density at radius 1 is 0.862 bits per heavy atom. The van der Waals surface area contributed by atoms with Crippen LogP contribution in [0.1, 0.15) is 18.1 Å². The standard InChI is InChI=1S/C22H24N2O4S/c1-2-27-22-14-18(8-13-21(22)28-16-17-6-4-3-5-7-17)15-24-29(25,26)20-11-9-19(23)10-12-20/h3-14,24H,2,15-16,23H2,1H3. The summed E-state index contributed by atoms with van der Waals surface area (Å²) in [5.74, 6) is 1.19. The maximum Gasteiger partial charge on any atom is 0.240 e. The molecule has 0 aliphatic heterocycles. The van der Waals surface area contributed by atoms with Crippen LogP contribution in [0.4, 0.5) is 5.69 Å². The molecule has 3 aromatic rings. The number of anilines is 1. The number of rotatable bonds is 9. The van der Waals surface area contributed by atoms with Crippen molar-refractivity contribution in [1.82, 2.24) is 4.72 Å². The van der Waals surface area contributed by atoms with Crippen LogP contribution in [0.15, 0.2) is 77.7 Å². The molecule has 0 heterocycles. The average molecular weight is 413 g/mol. The smallest absolute Gasteiger partial charge is 0.240 e. The maximum absolute atomic E-state index is 12.4. The number of sulfonamides is 1. The predicted octanol–water partition coefficient (Wildman–Crippen LogP) is 3.73. The molecule has 0 saturated carbocycles. The van der Waals surface area contributed by atoms with Gasteiger partial charge in [-0.15, -0.1) is 0 Å². The second-order valence-corrected chi connectivity index (χ2v) is 8.15. The van der Waals surface area contributed by atoms with Gasteiger partial charge in [-0.1, -0.05) is 36.4 Å². The Kier molecular flexibility index (Phi) is 6.74. The van der Waals surface area contributed by atoms with Crippen LogP contribution in [0.5, 0.6) is 11.5 Å². The molecule has 0 fully saturated rings. The fourth-order valence-corrected chi connectivity index (χ4v) is 3.71. The van der Waals surface area contributed by atoms with E-state index in [1.807, 2.05) is 43.3 Å². The number of hydrogen-bond acceptors (Lipinski definition) is 5. The van der Waals surface area contributed by atoms with Crippen LogP contribution < -0.4 is 19.9 Å². The summed E-state index contributed by atoms with van der Waals surface area (Å²) >= 11 is 0. The lowest BCUT2D eigenvalue weighted by atomic mass is 10.2. The van der Waals surface area contributed by atoms with Gasteiger partial charge in [-0.05, 0) is 54.4 Å². The van der Waals surface area contributed by atoms with Crippen molar-refractivity contribution in [3.05, 3.63) is 83.9 Å². The fraction of sp³-hybridized carbons (Fsp3) is 0.182. The van der Waals surface area contributed by atoms with E-state index in [-0.39, 0.29) is 11.4 Å². The minimum Gasteiger partial charge on any atom is -0.490 e. The molecule has 7 heteroatoms. The summed E-state index contributed by atoms with van der Waals surface area (Å²) in [6.07, 6.45) is 0. The number of ether oxygens (including phenoxy) is 2. The molecule has 3 aromatic carbocycles. The normalized spacial score (nSPS) is 11.2. The van der Waals surface area contributed by atoms with Gasteiger partial charge in [-0.3, -0.25) is 0 Å². The van der Waals surface area contributed by atoms with Crippen molar-refractivity contribution in [1.29, 1.82) is 0 Å². The fourth-order valence-electron chi connectivity index (χ4n) is 2.69. The second-order valence-electron chi connectivity index (χ2n) is 6.38. The summed E-state index contributed by atoms with van der Waals surface area (Å²) in [7, 11) is -3.63. The summed E-state index contributed by atoms with van der Waals surface area (Å²) in [4.78, 5) is 0.166. The molecule has 3 rings (SSSR count). The van der Waals surface area contributed by atoms with Crippen LogP contribution in [0, 0.1) is 0 Å². The lowest BCUT2D eigenvalue weighted by Crippen LogP contribution is -2.23. The molecule has 152 valence electrons. The third kappa shape index (κ3) is 5.73. The molecule has 0 bridgehead atoms. The molecule has 0 aromatic heterocycles. The van der Waals surface area contributed by atoms with Gasteiger partial charge in [0.1, 0.15) is 6.61 Å². The molecular formula is C22H24N2O4S. The molecule has 29 heavy (non-hydrogen) atoms. The van der Waals surface area contributed by atoms with E-state index in [1.165, 1.54) is 12.1 Å². The topological polar surface area (TPSA) is 90.7 Å². The van der Waals surface area contributed by atoms with Crippen LogP contribution in [0.3, 0.4) is 0 Å². The van der Waals surface area contributed by atoms with Crippen molar-refractivity contribution in [3.63, 3.8) is 0 Å². The Labute approximate surface area is 171 Å². The van der Waals surface area contributed by atoms with Crippen molar-refractivity contribution in [2.75, 3.05) is 12.3 Å². The number of nitrogens with one attached hydrogen (secondary N) is 1. The van der Waals surface area contributed by atoms with Crippen LogP contribution in [0.2, 0.25) is 0 Å². The Morgan fingerprint density at radius 3 is 2.28 bits per heavy atom. The first-order valence-corrected chi connectivity index (χ1v) is 10.7. The first-order valence-electron chi connectivity index (χ1n) is 9.25. The van der Waals surface area contributed by atoms with Crippen LogP contribution >= 0.6 is 0 Å². The zero-order valence-electron chi connectivity index (χ0n) is 16.2. The van der Waals surface area contributed by atoms with E-state index in [0.29, 0.717) is 30.4 Å². The van der Waals surface area contributed by atoms with Gasteiger partial charge in [0.05, 0.1) is 11.5 Å². The van der Waals surface area contributed by atoms with E-state index >= 15 is 0 Å². The maximum atomic E-state index is 12.4. The highest BCUT2D eigenvalue weighted by molar-refractivity contribution is 7.89. The van der Waals surface area contributed by atoms with Gasteiger partial charge in [0.15, 0.2) is 11.5 Å². The summed E-state index contributed by atoms with van der Waals surface area (Å²) in [5.41, 5.74) is 7.94. The Balaban J connectivity index is 1.69. The van der Waals surface area contributed by atoms with Crippen molar-refractivity contribution in [2.45, 2.75) is 25.0 Å². The highest BCUT2D eigenvalue weighted by Gasteiger charge is 2.14. The summed E-state index contributed by atoms with van der Waals surface area (Å²) < 4.78 is 39.0. The molecule has 0 spiro atoms. The van der Waals surface area contributed by atoms with Crippen molar-refractivity contribution in [3.8, 4) is 11.5 Å². The summed E-state index contributed by atoms with van der Waals surface area (Å²) in [6.45, 7) is 2.91. The Morgan fingerprint density at radius 2 is 1.59 bits per heavy atom.